The number of aliphatic hydroxyl groups is 1. The number of hydrogen-bond acceptors (Lipinski definition) is 4. The van der Waals surface area contributed by atoms with Crippen LogP contribution in [0.15, 0.2) is 42.5 Å². The highest BCUT2D eigenvalue weighted by Gasteiger charge is 2.28. The molecule has 0 radical (unpaired) electrons. The van der Waals surface area contributed by atoms with Crippen LogP contribution in [0.25, 0.3) is 0 Å². The highest BCUT2D eigenvalue weighted by Crippen LogP contribution is 2.29. The molecule has 1 amide bonds. The Morgan fingerprint density at radius 3 is 2.41 bits per heavy atom. The van der Waals surface area contributed by atoms with E-state index in [1.807, 2.05) is 37.3 Å². The SMILES string of the molecule is CCCc1cccc(Oc2ccc(CCC[C@](C)(CO)NC(=O)OC(C)(C)C)c(Cl)c2)c1. The van der Waals surface area contributed by atoms with Crippen molar-refractivity contribution in [2.75, 3.05) is 6.61 Å². The van der Waals surface area contributed by atoms with Crippen molar-refractivity contribution in [2.24, 2.45) is 0 Å². The summed E-state index contributed by atoms with van der Waals surface area (Å²) in [5.74, 6) is 1.49. The lowest BCUT2D eigenvalue weighted by Gasteiger charge is -2.30. The van der Waals surface area contributed by atoms with Crippen LogP contribution in [0.2, 0.25) is 5.02 Å². The first-order valence-electron chi connectivity index (χ1n) is 11.2. The fourth-order valence-corrected chi connectivity index (χ4v) is 3.65. The van der Waals surface area contributed by atoms with Crippen molar-refractivity contribution in [2.45, 2.75) is 77.9 Å². The molecule has 0 aliphatic rings. The Balaban J connectivity index is 1.93. The molecular weight excluding hydrogens is 426 g/mol. The Labute approximate surface area is 197 Å². The van der Waals surface area contributed by atoms with Gasteiger partial charge in [-0.05, 0) is 88.8 Å². The summed E-state index contributed by atoms with van der Waals surface area (Å²) in [6.07, 6.45) is 3.62. The summed E-state index contributed by atoms with van der Waals surface area (Å²) >= 11 is 6.50. The quantitative estimate of drug-likeness (QED) is 0.414. The topological polar surface area (TPSA) is 67.8 Å². The minimum Gasteiger partial charge on any atom is -0.457 e. The first kappa shape index (κ1) is 26.0. The van der Waals surface area contributed by atoms with Gasteiger partial charge in [0.15, 0.2) is 0 Å². The number of aliphatic hydroxyl groups excluding tert-OH is 1. The van der Waals surface area contributed by atoms with E-state index in [-0.39, 0.29) is 6.61 Å². The van der Waals surface area contributed by atoms with E-state index in [4.69, 9.17) is 21.1 Å². The third-order valence-electron chi connectivity index (χ3n) is 5.02. The molecule has 0 fully saturated rings. The minimum atomic E-state index is -0.763. The summed E-state index contributed by atoms with van der Waals surface area (Å²) in [5.41, 5.74) is 0.896. The first-order valence-corrected chi connectivity index (χ1v) is 11.6. The van der Waals surface area contributed by atoms with E-state index in [1.165, 1.54) is 5.56 Å². The first-order chi connectivity index (χ1) is 15.0. The normalized spacial score (nSPS) is 13.3. The predicted octanol–water partition coefficient (Wildman–Crippen LogP) is 6.68. The smallest absolute Gasteiger partial charge is 0.408 e. The molecule has 0 bridgehead atoms. The van der Waals surface area contributed by atoms with Gasteiger partial charge in [0.05, 0.1) is 12.1 Å². The number of hydrogen-bond donors (Lipinski definition) is 2. The molecule has 2 aromatic carbocycles. The third kappa shape index (κ3) is 8.71. The number of carbonyl (C=O) groups excluding carboxylic acids is 1. The van der Waals surface area contributed by atoms with Crippen LogP contribution in [0.4, 0.5) is 4.79 Å². The molecule has 32 heavy (non-hydrogen) atoms. The fourth-order valence-electron chi connectivity index (χ4n) is 3.38. The van der Waals surface area contributed by atoms with E-state index in [0.29, 0.717) is 17.2 Å². The summed E-state index contributed by atoms with van der Waals surface area (Å²) in [7, 11) is 0. The maximum atomic E-state index is 12.1. The lowest BCUT2D eigenvalue weighted by Crippen LogP contribution is -2.50. The second-order valence-corrected chi connectivity index (χ2v) is 9.86. The van der Waals surface area contributed by atoms with Gasteiger partial charge >= 0.3 is 6.09 Å². The lowest BCUT2D eigenvalue weighted by atomic mass is 9.94. The summed E-state index contributed by atoms with van der Waals surface area (Å²) in [6.45, 7) is 9.20. The third-order valence-corrected chi connectivity index (χ3v) is 5.38. The van der Waals surface area contributed by atoms with Crippen molar-refractivity contribution < 1.29 is 19.4 Å². The van der Waals surface area contributed by atoms with Crippen molar-refractivity contribution in [3.8, 4) is 11.5 Å². The Morgan fingerprint density at radius 2 is 1.78 bits per heavy atom. The maximum absolute atomic E-state index is 12.1. The molecule has 0 aliphatic heterocycles. The monoisotopic (exact) mass is 461 g/mol. The summed E-state index contributed by atoms with van der Waals surface area (Å²) in [6, 6.07) is 13.8. The fraction of sp³-hybridized carbons (Fsp3) is 0.500. The van der Waals surface area contributed by atoms with Crippen LogP contribution in [0.3, 0.4) is 0 Å². The molecule has 0 saturated carbocycles. The number of carbonyl (C=O) groups is 1. The molecule has 0 aliphatic carbocycles. The molecular formula is C26H36ClNO4. The van der Waals surface area contributed by atoms with E-state index in [9.17, 15) is 9.90 Å². The van der Waals surface area contributed by atoms with Gasteiger partial charge in [0.25, 0.3) is 0 Å². The molecule has 2 aromatic rings. The summed E-state index contributed by atoms with van der Waals surface area (Å²) in [4.78, 5) is 12.1. The molecule has 5 nitrogen and oxygen atoms in total. The number of aryl methyl sites for hydroxylation is 2. The van der Waals surface area contributed by atoms with Crippen LogP contribution < -0.4 is 10.1 Å². The van der Waals surface area contributed by atoms with Gasteiger partial charge < -0.3 is 19.9 Å². The molecule has 0 heterocycles. The van der Waals surface area contributed by atoms with Gasteiger partial charge in [-0.1, -0.05) is 43.1 Å². The van der Waals surface area contributed by atoms with Crippen molar-refractivity contribution in [3.63, 3.8) is 0 Å². The van der Waals surface area contributed by atoms with E-state index in [0.717, 1.165) is 37.0 Å². The van der Waals surface area contributed by atoms with Crippen LogP contribution in [0.5, 0.6) is 11.5 Å². The molecule has 0 unspecified atom stereocenters. The minimum absolute atomic E-state index is 0.177. The second-order valence-electron chi connectivity index (χ2n) is 9.45. The van der Waals surface area contributed by atoms with Crippen molar-refractivity contribution in [1.29, 1.82) is 0 Å². The van der Waals surface area contributed by atoms with Crippen molar-refractivity contribution in [1.82, 2.24) is 5.32 Å². The molecule has 0 aromatic heterocycles. The number of benzene rings is 2. The number of ether oxygens (including phenoxy) is 2. The Bertz CT molecular complexity index is 894. The van der Waals surface area contributed by atoms with Gasteiger partial charge in [-0.25, -0.2) is 4.79 Å². The van der Waals surface area contributed by atoms with E-state index >= 15 is 0 Å². The zero-order valence-corrected chi connectivity index (χ0v) is 20.6. The lowest BCUT2D eigenvalue weighted by molar-refractivity contribution is 0.0404. The van der Waals surface area contributed by atoms with Gasteiger partial charge in [0.2, 0.25) is 0 Å². The molecule has 0 spiro atoms. The van der Waals surface area contributed by atoms with Gasteiger partial charge in [0.1, 0.15) is 17.1 Å². The number of rotatable bonds is 10. The Kier molecular flexibility index (Phi) is 9.41. The number of halogens is 1. The number of nitrogens with one attached hydrogen (secondary N) is 1. The molecule has 2 rings (SSSR count). The summed E-state index contributed by atoms with van der Waals surface area (Å²) in [5, 5.41) is 13.2. The van der Waals surface area contributed by atoms with Gasteiger partial charge in [-0.15, -0.1) is 0 Å². The van der Waals surface area contributed by atoms with Crippen molar-refractivity contribution >= 4 is 17.7 Å². The zero-order valence-electron chi connectivity index (χ0n) is 19.8. The Hall–Kier alpha value is -2.24. The molecule has 2 N–H and O–H groups in total. The van der Waals surface area contributed by atoms with Crippen LogP contribution in [0, 0.1) is 0 Å². The van der Waals surface area contributed by atoms with Crippen LogP contribution >= 0.6 is 11.6 Å². The average Bonchev–Trinajstić information content (AvgIpc) is 2.68. The highest BCUT2D eigenvalue weighted by atomic mass is 35.5. The van der Waals surface area contributed by atoms with E-state index in [1.54, 1.807) is 20.8 Å². The summed E-state index contributed by atoms with van der Waals surface area (Å²) < 4.78 is 11.3. The van der Waals surface area contributed by atoms with Crippen LogP contribution in [-0.4, -0.2) is 28.9 Å². The molecule has 6 heteroatoms. The van der Waals surface area contributed by atoms with Crippen molar-refractivity contribution in [3.05, 3.63) is 58.6 Å². The number of alkyl carbamates (subject to hydrolysis) is 1. The maximum Gasteiger partial charge on any atom is 0.408 e. The van der Waals surface area contributed by atoms with E-state index < -0.39 is 17.2 Å². The van der Waals surface area contributed by atoms with E-state index in [2.05, 4.69) is 24.4 Å². The molecule has 176 valence electrons. The van der Waals surface area contributed by atoms with Gasteiger partial charge in [0, 0.05) is 5.02 Å². The van der Waals surface area contributed by atoms with Crippen LogP contribution in [-0.2, 0) is 17.6 Å². The van der Waals surface area contributed by atoms with Crippen LogP contribution in [0.1, 0.15) is 65.0 Å². The second kappa shape index (κ2) is 11.6. The average molecular weight is 462 g/mol. The largest absolute Gasteiger partial charge is 0.457 e. The Morgan fingerprint density at radius 1 is 1.06 bits per heavy atom. The van der Waals surface area contributed by atoms with Gasteiger partial charge in [-0.3, -0.25) is 0 Å². The zero-order chi connectivity index (χ0) is 23.8. The standard InChI is InChI=1S/C26H36ClNO4/c1-6-9-19-10-7-12-21(16-19)31-22-14-13-20(23(27)17-22)11-8-15-26(5,18-29)28-24(30)32-25(2,3)4/h7,10,12-14,16-17,29H,6,8-9,11,15,18H2,1-5H3,(H,28,30)/t26-/m1/s1. The predicted molar refractivity (Wildman–Crippen MR) is 130 cm³/mol. The number of amides is 1. The van der Waals surface area contributed by atoms with Gasteiger partial charge in [-0.2, -0.15) is 0 Å². The highest BCUT2D eigenvalue weighted by molar-refractivity contribution is 6.31. The molecule has 1 atom stereocenters. The molecule has 0 saturated heterocycles.